The Morgan fingerprint density at radius 1 is 1.22 bits per heavy atom. The number of anilines is 1. The Labute approximate surface area is 132 Å². The minimum absolute atomic E-state index is 0.150. The summed E-state index contributed by atoms with van der Waals surface area (Å²) in [6.07, 6.45) is -1.04. The first-order valence-corrected chi connectivity index (χ1v) is 6.77. The number of carbonyl (C=O) groups excluding carboxylic acids is 2. The predicted molar refractivity (Wildman–Crippen MR) is 81.1 cm³/mol. The van der Waals surface area contributed by atoms with Crippen LogP contribution in [0.1, 0.15) is 22.8 Å². The molecule has 0 spiro atoms. The summed E-state index contributed by atoms with van der Waals surface area (Å²) in [5.41, 5.74) is 0.981. The van der Waals surface area contributed by atoms with Crippen molar-refractivity contribution >= 4 is 17.6 Å². The van der Waals surface area contributed by atoms with Crippen molar-refractivity contribution in [1.82, 2.24) is 0 Å². The molecule has 0 unspecified atom stereocenters. The van der Waals surface area contributed by atoms with Crippen molar-refractivity contribution in [3.63, 3.8) is 0 Å². The molecule has 2 aromatic rings. The van der Waals surface area contributed by atoms with E-state index in [0.29, 0.717) is 11.3 Å². The van der Waals surface area contributed by atoms with E-state index in [0.717, 1.165) is 12.1 Å². The SMILES string of the molecule is C[C@@H](OC(=O)c1ccc(F)cc1)C(=O)Nc1cccc(C#N)c1. The van der Waals surface area contributed by atoms with E-state index in [1.165, 1.54) is 25.1 Å². The van der Waals surface area contributed by atoms with Crippen LogP contribution in [0.2, 0.25) is 0 Å². The summed E-state index contributed by atoms with van der Waals surface area (Å²) >= 11 is 0. The van der Waals surface area contributed by atoms with Crippen LogP contribution in [-0.4, -0.2) is 18.0 Å². The number of hydrogen-bond donors (Lipinski definition) is 1. The lowest BCUT2D eigenvalue weighted by atomic mass is 10.2. The average Bonchev–Trinajstić information content (AvgIpc) is 2.55. The molecule has 2 aromatic carbocycles. The number of hydrogen-bond acceptors (Lipinski definition) is 4. The Hall–Kier alpha value is -3.20. The molecule has 0 fully saturated rings. The number of rotatable bonds is 4. The Morgan fingerprint density at radius 2 is 1.91 bits per heavy atom. The summed E-state index contributed by atoms with van der Waals surface area (Å²) in [6.45, 7) is 1.42. The smallest absolute Gasteiger partial charge is 0.338 e. The van der Waals surface area contributed by atoms with Gasteiger partial charge in [-0.3, -0.25) is 4.79 Å². The number of halogens is 1. The first-order valence-electron chi connectivity index (χ1n) is 6.77. The highest BCUT2D eigenvalue weighted by atomic mass is 19.1. The van der Waals surface area contributed by atoms with Gasteiger partial charge in [-0.1, -0.05) is 6.07 Å². The monoisotopic (exact) mass is 312 g/mol. The maximum atomic E-state index is 12.8. The second kappa shape index (κ2) is 7.18. The molecule has 0 heterocycles. The van der Waals surface area contributed by atoms with Gasteiger partial charge in [-0.2, -0.15) is 5.26 Å². The van der Waals surface area contributed by atoms with E-state index in [-0.39, 0.29) is 5.56 Å². The van der Waals surface area contributed by atoms with Crippen molar-refractivity contribution in [2.75, 3.05) is 5.32 Å². The molecule has 0 saturated carbocycles. The zero-order valence-corrected chi connectivity index (χ0v) is 12.2. The van der Waals surface area contributed by atoms with Gasteiger partial charge < -0.3 is 10.1 Å². The van der Waals surface area contributed by atoms with Gasteiger partial charge in [0.15, 0.2) is 6.10 Å². The fourth-order valence-corrected chi connectivity index (χ4v) is 1.78. The highest BCUT2D eigenvalue weighted by molar-refractivity contribution is 5.97. The number of ether oxygens (including phenoxy) is 1. The number of amides is 1. The number of esters is 1. The molecule has 116 valence electrons. The summed E-state index contributed by atoms with van der Waals surface area (Å²) in [7, 11) is 0. The number of nitriles is 1. The van der Waals surface area contributed by atoms with E-state index in [9.17, 15) is 14.0 Å². The maximum Gasteiger partial charge on any atom is 0.338 e. The number of nitrogens with one attached hydrogen (secondary N) is 1. The van der Waals surface area contributed by atoms with Crippen LogP contribution < -0.4 is 5.32 Å². The third kappa shape index (κ3) is 4.38. The molecule has 0 aliphatic heterocycles. The van der Waals surface area contributed by atoms with Crippen molar-refractivity contribution in [1.29, 1.82) is 5.26 Å². The molecule has 0 radical (unpaired) electrons. The van der Waals surface area contributed by atoms with Crippen molar-refractivity contribution in [2.24, 2.45) is 0 Å². The Balaban J connectivity index is 1.98. The molecule has 0 aliphatic rings. The molecule has 6 heteroatoms. The van der Waals surface area contributed by atoms with Gasteiger partial charge in [-0.25, -0.2) is 9.18 Å². The fourth-order valence-electron chi connectivity index (χ4n) is 1.78. The Morgan fingerprint density at radius 3 is 2.57 bits per heavy atom. The normalized spacial score (nSPS) is 11.2. The van der Waals surface area contributed by atoms with Crippen LogP contribution in [0.25, 0.3) is 0 Å². The molecular formula is C17H13FN2O3. The summed E-state index contributed by atoms with van der Waals surface area (Å²) in [4.78, 5) is 23.9. The molecule has 0 aromatic heterocycles. The third-order valence-corrected chi connectivity index (χ3v) is 2.99. The predicted octanol–water partition coefficient (Wildman–Crippen LogP) is 2.88. The second-order valence-electron chi connectivity index (χ2n) is 4.74. The number of nitrogens with zero attached hydrogens (tertiary/aromatic N) is 1. The minimum Gasteiger partial charge on any atom is -0.449 e. The van der Waals surface area contributed by atoms with Gasteiger partial charge in [-0.15, -0.1) is 0 Å². The van der Waals surface area contributed by atoms with Crippen LogP contribution >= 0.6 is 0 Å². The highest BCUT2D eigenvalue weighted by Gasteiger charge is 2.19. The van der Waals surface area contributed by atoms with Crippen LogP contribution in [0, 0.1) is 17.1 Å². The molecule has 2 rings (SSSR count). The average molecular weight is 312 g/mol. The molecule has 0 saturated heterocycles. The quantitative estimate of drug-likeness (QED) is 0.880. The number of benzene rings is 2. The summed E-state index contributed by atoms with van der Waals surface area (Å²) in [6, 6.07) is 13.1. The lowest BCUT2D eigenvalue weighted by Gasteiger charge is -2.13. The largest absolute Gasteiger partial charge is 0.449 e. The van der Waals surface area contributed by atoms with Crippen molar-refractivity contribution in [3.8, 4) is 6.07 Å². The van der Waals surface area contributed by atoms with E-state index >= 15 is 0 Å². The van der Waals surface area contributed by atoms with E-state index in [4.69, 9.17) is 10.00 Å². The van der Waals surface area contributed by atoms with E-state index in [2.05, 4.69) is 5.32 Å². The lowest BCUT2D eigenvalue weighted by Crippen LogP contribution is -2.30. The van der Waals surface area contributed by atoms with Crippen molar-refractivity contribution in [2.45, 2.75) is 13.0 Å². The van der Waals surface area contributed by atoms with Gasteiger partial charge in [-0.05, 0) is 49.4 Å². The van der Waals surface area contributed by atoms with Crippen LogP contribution in [0.3, 0.4) is 0 Å². The molecule has 0 aliphatic carbocycles. The second-order valence-corrected chi connectivity index (χ2v) is 4.74. The van der Waals surface area contributed by atoms with Crippen molar-refractivity contribution < 1.29 is 18.7 Å². The zero-order chi connectivity index (χ0) is 16.8. The molecular weight excluding hydrogens is 299 g/mol. The van der Waals surface area contributed by atoms with Gasteiger partial charge in [0.25, 0.3) is 5.91 Å². The van der Waals surface area contributed by atoms with Crippen LogP contribution in [0.4, 0.5) is 10.1 Å². The molecule has 5 nitrogen and oxygen atoms in total. The Kier molecular flexibility index (Phi) is 5.05. The minimum atomic E-state index is -1.04. The molecule has 23 heavy (non-hydrogen) atoms. The fraction of sp³-hybridized carbons (Fsp3) is 0.118. The van der Waals surface area contributed by atoms with Crippen LogP contribution in [0.5, 0.6) is 0 Å². The third-order valence-electron chi connectivity index (χ3n) is 2.99. The van der Waals surface area contributed by atoms with Gasteiger partial charge in [0.05, 0.1) is 17.2 Å². The van der Waals surface area contributed by atoms with E-state index in [1.807, 2.05) is 6.07 Å². The van der Waals surface area contributed by atoms with E-state index < -0.39 is 23.8 Å². The zero-order valence-electron chi connectivity index (χ0n) is 12.2. The molecule has 1 N–H and O–H groups in total. The van der Waals surface area contributed by atoms with Crippen LogP contribution in [0.15, 0.2) is 48.5 Å². The number of carbonyl (C=O) groups is 2. The van der Waals surface area contributed by atoms with Crippen LogP contribution in [-0.2, 0) is 9.53 Å². The lowest BCUT2D eigenvalue weighted by molar-refractivity contribution is -0.123. The first kappa shape index (κ1) is 16.2. The topological polar surface area (TPSA) is 79.2 Å². The molecule has 1 amide bonds. The molecule has 0 bridgehead atoms. The van der Waals surface area contributed by atoms with Gasteiger partial charge in [0.2, 0.25) is 0 Å². The highest BCUT2D eigenvalue weighted by Crippen LogP contribution is 2.12. The molecule has 1 atom stereocenters. The summed E-state index contributed by atoms with van der Waals surface area (Å²) in [5.74, 6) is -1.72. The summed E-state index contributed by atoms with van der Waals surface area (Å²) in [5, 5.41) is 11.4. The van der Waals surface area contributed by atoms with E-state index in [1.54, 1.807) is 18.2 Å². The standard InChI is InChI=1S/C17H13FN2O3/c1-11(23-17(22)13-5-7-14(18)8-6-13)16(21)20-15-4-2-3-12(9-15)10-19/h2-9,11H,1H3,(H,20,21)/t11-/m1/s1. The van der Waals surface area contributed by atoms with Crippen molar-refractivity contribution in [3.05, 3.63) is 65.5 Å². The Bertz CT molecular complexity index is 766. The van der Waals surface area contributed by atoms with Gasteiger partial charge >= 0.3 is 5.97 Å². The first-order chi connectivity index (χ1) is 11.0. The summed E-state index contributed by atoms with van der Waals surface area (Å²) < 4.78 is 17.8. The maximum absolute atomic E-state index is 12.8. The van der Waals surface area contributed by atoms with Gasteiger partial charge in [0.1, 0.15) is 5.82 Å². The van der Waals surface area contributed by atoms with Gasteiger partial charge in [0, 0.05) is 5.69 Å².